The third-order valence-electron chi connectivity index (χ3n) is 4.58. The van der Waals surface area contributed by atoms with Gasteiger partial charge in [-0.2, -0.15) is 0 Å². The maximum absolute atomic E-state index is 12.9. The molecule has 0 bridgehead atoms. The van der Waals surface area contributed by atoms with Crippen LogP contribution in [0.2, 0.25) is 0 Å². The number of amides is 1. The van der Waals surface area contributed by atoms with Crippen LogP contribution in [0.1, 0.15) is 30.6 Å². The Balaban J connectivity index is 2.03. The van der Waals surface area contributed by atoms with Crippen molar-refractivity contribution in [3.63, 3.8) is 0 Å². The van der Waals surface area contributed by atoms with Crippen LogP contribution >= 0.6 is 0 Å². The van der Waals surface area contributed by atoms with Gasteiger partial charge >= 0.3 is 0 Å². The standard InChI is InChI=1S/C20H22N2O3/c1-3-13(2)18(12-23)22-20(24)15-11-17(19-9-6-10-25-19)21-16-8-5-4-7-14(15)16/h4-11,13,18,23H,3,12H2,1-2H3,(H,22,24)/t13-,18+/m1/s1. The Labute approximate surface area is 146 Å². The molecule has 3 aromatic rings. The summed E-state index contributed by atoms with van der Waals surface area (Å²) in [6, 6.07) is 12.6. The van der Waals surface area contributed by atoms with Crippen LogP contribution in [0.3, 0.4) is 0 Å². The molecule has 0 aliphatic carbocycles. The molecule has 0 saturated heterocycles. The lowest BCUT2D eigenvalue weighted by Gasteiger charge is -2.22. The smallest absolute Gasteiger partial charge is 0.252 e. The van der Waals surface area contributed by atoms with E-state index in [9.17, 15) is 9.90 Å². The summed E-state index contributed by atoms with van der Waals surface area (Å²) < 4.78 is 5.43. The maximum Gasteiger partial charge on any atom is 0.252 e. The Hall–Kier alpha value is -2.66. The summed E-state index contributed by atoms with van der Waals surface area (Å²) in [6.45, 7) is 3.96. The zero-order chi connectivity index (χ0) is 17.8. The number of para-hydroxylation sites is 1. The molecule has 1 aromatic carbocycles. The molecule has 2 heterocycles. The van der Waals surface area contributed by atoms with Crippen molar-refractivity contribution >= 4 is 16.8 Å². The third-order valence-corrected chi connectivity index (χ3v) is 4.58. The Bertz CT molecular complexity index is 859. The summed E-state index contributed by atoms with van der Waals surface area (Å²) in [5.74, 6) is 0.581. The van der Waals surface area contributed by atoms with Gasteiger partial charge in [-0.05, 0) is 30.2 Å². The molecule has 25 heavy (non-hydrogen) atoms. The first-order chi connectivity index (χ1) is 12.1. The number of aromatic nitrogens is 1. The summed E-state index contributed by atoms with van der Waals surface area (Å²) >= 11 is 0. The third kappa shape index (κ3) is 3.56. The van der Waals surface area contributed by atoms with E-state index in [0.717, 1.165) is 17.3 Å². The van der Waals surface area contributed by atoms with Gasteiger partial charge in [-0.1, -0.05) is 38.5 Å². The predicted molar refractivity (Wildman–Crippen MR) is 97.2 cm³/mol. The van der Waals surface area contributed by atoms with Crippen LogP contribution < -0.4 is 5.32 Å². The highest BCUT2D eigenvalue weighted by Crippen LogP contribution is 2.25. The Morgan fingerprint density at radius 3 is 2.76 bits per heavy atom. The fourth-order valence-electron chi connectivity index (χ4n) is 2.81. The predicted octanol–water partition coefficient (Wildman–Crippen LogP) is 3.63. The molecule has 0 radical (unpaired) electrons. The highest BCUT2D eigenvalue weighted by molar-refractivity contribution is 6.07. The molecule has 0 unspecified atom stereocenters. The van der Waals surface area contributed by atoms with Gasteiger partial charge in [0.25, 0.3) is 5.91 Å². The highest BCUT2D eigenvalue weighted by Gasteiger charge is 2.21. The van der Waals surface area contributed by atoms with Gasteiger partial charge in [0.05, 0.1) is 30.0 Å². The molecule has 0 aliphatic heterocycles. The topological polar surface area (TPSA) is 75.4 Å². The first-order valence-electron chi connectivity index (χ1n) is 8.49. The SMILES string of the molecule is CC[C@@H](C)[C@H](CO)NC(=O)c1cc(-c2ccco2)nc2ccccc12. The van der Waals surface area contributed by atoms with Crippen LogP contribution in [-0.4, -0.2) is 28.6 Å². The molecule has 0 aliphatic rings. The van der Waals surface area contributed by atoms with E-state index in [1.54, 1.807) is 18.4 Å². The van der Waals surface area contributed by atoms with E-state index in [1.807, 2.05) is 44.2 Å². The van der Waals surface area contributed by atoms with Gasteiger partial charge in [0, 0.05) is 5.39 Å². The summed E-state index contributed by atoms with van der Waals surface area (Å²) in [5, 5.41) is 13.3. The molecule has 0 spiro atoms. The average molecular weight is 338 g/mol. The number of aliphatic hydroxyl groups excluding tert-OH is 1. The second-order valence-electron chi connectivity index (χ2n) is 6.20. The van der Waals surface area contributed by atoms with Crippen LogP contribution in [-0.2, 0) is 0 Å². The van der Waals surface area contributed by atoms with Crippen molar-refractivity contribution in [3.8, 4) is 11.5 Å². The fourth-order valence-corrected chi connectivity index (χ4v) is 2.81. The monoisotopic (exact) mass is 338 g/mol. The molecule has 2 aromatic heterocycles. The zero-order valence-electron chi connectivity index (χ0n) is 14.4. The molecular formula is C20H22N2O3. The van der Waals surface area contributed by atoms with Gasteiger partial charge in [-0.15, -0.1) is 0 Å². The van der Waals surface area contributed by atoms with Gasteiger partial charge in [-0.25, -0.2) is 4.98 Å². The quantitative estimate of drug-likeness (QED) is 0.719. The van der Waals surface area contributed by atoms with Crippen molar-refractivity contribution in [2.24, 2.45) is 5.92 Å². The maximum atomic E-state index is 12.9. The number of fused-ring (bicyclic) bond motifs is 1. The van der Waals surface area contributed by atoms with Gasteiger partial charge in [0.15, 0.2) is 5.76 Å². The minimum Gasteiger partial charge on any atom is -0.463 e. The molecule has 2 atom stereocenters. The number of carbonyl (C=O) groups excluding carboxylic acids is 1. The van der Waals surface area contributed by atoms with Crippen molar-refractivity contribution in [1.82, 2.24) is 10.3 Å². The van der Waals surface area contributed by atoms with Crippen molar-refractivity contribution in [2.45, 2.75) is 26.3 Å². The summed E-state index contributed by atoms with van der Waals surface area (Å²) in [5.41, 5.74) is 1.86. The lowest BCUT2D eigenvalue weighted by molar-refractivity contribution is 0.0893. The van der Waals surface area contributed by atoms with Crippen molar-refractivity contribution in [2.75, 3.05) is 6.61 Å². The average Bonchev–Trinajstić information content (AvgIpc) is 3.19. The van der Waals surface area contributed by atoms with E-state index in [-0.39, 0.29) is 24.5 Å². The van der Waals surface area contributed by atoms with Crippen LogP contribution in [0, 0.1) is 5.92 Å². The number of hydrogen-bond donors (Lipinski definition) is 2. The molecule has 0 fully saturated rings. The van der Waals surface area contributed by atoms with E-state index < -0.39 is 0 Å². The second-order valence-corrected chi connectivity index (χ2v) is 6.20. The first kappa shape index (κ1) is 17.2. The number of hydrogen-bond acceptors (Lipinski definition) is 4. The fraction of sp³-hybridized carbons (Fsp3) is 0.300. The number of nitrogens with zero attached hydrogens (tertiary/aromatic N) is 1. The van der Waals surface area contributed by atoms with Crippen LogP contribution in [0.5, 0.6) is 0 Å². The summed E-state index contributed by atoms with van der Waals surface area (Å²) in [6.07, 6.45) is 2.46. The number of benzene rings is 1. The Kier molecular flexibility index (Phi) is 5.14. The second kappa shape index (κ2) is 7.49. The number of carbonyl (C=O) groups is 1. The van der Waals surface area contributed by atoms with Gasteiger partial charge < -0.3 is 14.8 Å². The largest absolute Gasteiger partial charge is 0.463 e. The van der Waals surface area contributed by atoms with E-state index in [1.165, 1.54) is 0 Å². The van der Waals surface area contributed by atoms with Crippen LogP contribution in [0.25, 0.3) is 22.4 Å². The molecule has 0 saturated carbocycles. The number of rotatable bonds is 6. The minimum atomic E-state index is -0.281. The first-order valence-corrected chi connectivity index (χ1v) is 8.49. The number of pyridine rings is 1. The molecule has 3 rings (SSSR count). The summed E-state index contributed by atoms with van der Waals surface area (Å²) in [7, 11) is 0. The number of furan rings is 1. The molecule has 5 heteroatoms. The molecule has 5 nitrogen and oxygen atoms in total. The molecular weight excluding hydrogens is 316 g/mol. The van der Waals surface area contributed by atoms with Gasteiger partial charge in [0.2, 0.25) is 0 Å². The van der Waals surface area contributed by atoms with E-state index in [4.69, 9.17) is 4.42 Å². The Morgan fingerprint density at radius 2 is 2.08 bits per heavy atom. The Morgan fingerprint density at radius 1 is 1.28 bits per heavy atom. The number of aliphatic hydroxyl groups is 1. The zero-order valence-corrected chi connectivity index (χ0v) is 14.4. The van der Waals surface area contributed by atoms with Crippen molar-refractivity contribution in [3.05, 3.63) is 54.3 Å². The van der Waals surface area contributed by atoms with E-state index in [2.05, 4.69) is 10.3 Å². The molecule has 2 N–H and O–H groups in total. The number of nitrogens with one attached hydrogen (secondary N) is 1. The molecule has 1 amide bonds. The van der Waals surface area contributed by atoms with Crippen LogP contribution in [0.4, 0.5) is 0 Å². The van der Waals surface area contributed by atoms with Gasteiger partial charge in [-0.3, -0.25) is 4.79 Å². The van der Waals surface area contributed by atoms with Crippen molar-refractivity contribution < 1.29 is 14.3 Å². The molecule has 130 valence electrons. The lowest BCUT2D eigenvalue weighted by Crippen LogP contribution is -2.42. The van der Waals surface area contributed by atoms with Crippen molar-refractivity contribution in [1.29, 1.82) is 0 Å². The normalized spacial score (nSPS) is 13.6. The van der Waals surface area contributed by atoms with E-state index in [0.29, 0.717) is 17.0 Å². The van der Waals surface area contributed by atoms with Crippen LogP contribution in [0.15, 0.2) is 53.1 Å². The highest BCUT2D eigenvalue weighted by atomic mass is 16.3. The van der Waals surface area contributed by atoms with Gasteiger partial charge in [0.1, 0.15) is 5.69 Å². The minimum absolute atomic E-state index is 0.0885. The summed E-state index contributed by atoms with van der Waals surface area (Å²) in [4.78, 5) is 17.5. The van der Waals surface area contributed by atoms with E-state index >= 15 is 0 Å². The lowest BCUT2D eigenvalue weighted by atomic mass is 9.99.